The maximum atomic E-state index is 15.4. The predicted octanol–water partition coefficient (Wildman–Crippen LogP) is 5.77. The largest absolute Gasteiger partial charge is 0.497 e. The molecule has 0 aromatic heterocycles. The minimum absolute atomic E-state index is 0.0356. The van der Waals surface area contributed by atoms with Gasteiger partial charge in [0.25, 0.3) is 0 Å². The molecule has 1 aliphatic heterocycles. The molecule has 0 saturated carbocycles. The van der Waals surface area contributed by atoms with E-state index in [2.05, 4.69) is 24.5 Å². The van der Waals surface area contributed by atoms with E-state index in [9.17, 15) is 9.59 Å². The lowest BCUT2D eigenvalue weighted by atomic mass is 9.73. The second-order valence-corrected chi connectivity index (χ2v) is 10.7. The number of ether oxygens (including phenoxy) is 1. The Morgan fingerprint density at radius 3 is 2.63 bits per heavy atom. The van der Waals surface area contributed by atoms with Crippen LogP contribution in [0.1, 0.15) is 43.9 Å². The van der Waals surface area contributed by atoms with Crippen molar-refractivity contribution in [1.82, 2.24) is 5.32 Å². The van der Waals surface area contributed by atoms with E-state index in [0.29, 0.717) is 36.3 Å². The second-order valence-electron chi connectivity index (χ2n) is 10.7. The number of ketones is 1. The van der Waals surface area contributed by atoms with Gasteiger partial charge >= 0.3 is 0 Å². The molecular formula is C31H32FN3O3. The standard InChI is InChI=1S/C31H32FN3O3/c1-31(2)16-25-29(27(36)17-31)30(22-11-4-5-12-23(22)32)35(26-14-7-6-13-24(26)34-25)19-28(37)33-18-20-9-8-10-21(15-20)38-3/h4-15,30,34H,16-19H2,1-3H3,(H,33,37). The molecular weight excluding hydrogens is 481 g/mol. The highest BCUT2D eigenvalue weighted by atomic mass is 19.1. The van der Waals surface area contributed by atoms with E-state index in [0.717, 1.165) is 22.6 Å². The smallest absolute Gasteiger partial charge is 0.239 e. The van der Waals surface area contributed by atoms with Gasteiger partial charge in [-0.05, 0) is 47.7 Å². The molecule has 0 radical (unpaired) electrons. The van der Waals surface area contributed by atoms with Gasteiger partial charge in [-0.25, -0.2) is 4.39 Å². The number of nitrogens with one attached hydrogen (secondary N) is 2. The monoisotopic (exact) mass is 513 g/mol. The van der Waals surface area contributed by atoms with E-state index in [1.165, 1.54) is 6.07 Å². The number of allylic oxidation sites excluding steroid dienone is 1. The third kappa shape index (κ3) is 5.14. The van der Waals surface area contributed by atoms with Crippen LogP contribution in [0.25, 0.3) is 0 Å². The van der Waals surface area contributed by atoms with Crippen LogP contribution < -0.4 is 20.3 Å². The Morgan fingerprint density at radius 1 is 1.08 bits per heavy atom. The SMILES string of the molecule is COc1cccc(CNC(=O)CN2c3ccccc3NC3=C(C(=O)CC(C)(C)C3)C2c2ccccc2F)c1. The summed E-state index contributed by atoms with van der Waals surface area (Å²) in [5.74, 6) is 0.0217. The van der Waals surface area contributed by atoms with E-state index in [-0.39, 0.29) is 23.7 Å². The molecule has 1 amide bonds. The first-order valence-corrected chi connectivity index (χ1v) is 12.8. The number of hydrogen-bond acceptors (Lipinski definition) is 5. The number of nitrogens with zero attached hydrogens (tertiary/aromatic N) is 1. The van der Waals surface area contributed by atoms with Gasteiger partial charge in [0.05, 0.1) is 31.1 Å². The third-order valence-corrected chi connectivity index (χ3v) is 7.14. The van der Waals surface area contributed by atoms with Crippen molar-refractivity contribution in [1.29, 1.82) is 0 Å². The van der Waals surface area contributed by atoms with Crippen molar-refractivity contribution in [3.8, 4) is 5.75 Å². The number of hydrogen-bond donors (Lipinski definition) is 2. The summed E-state index contributed by atoms with van der Waals surface area (Å²) >= 11 is 0. The quantitative estimate of drug-likeness (QED) is 0.438. The number of carbonyl (C=O) groups excluding carboxylic acids is 2. The molecule has 2 N–H and O–H groups in total. The molecule has 3 aromatic rings. The molecule has 7 heteroatoms. The molecule has 1 heterocycles. The summed E-state index contributed by atoms with van der Waals surface area (Å²) < 4.78 is 20.7. The Hall–Kier alpha value is -4.13. The number of amides is 1. The lowest BCUT2D eigenvalue weighted by molar-refractivity contribution is -0.121. The summed E-state index contributed by atoms with van der Waals surface area (Å²) in [6, 6.07) is 20.9. The molecule has 196 valence electrons. The van der Waals surface area contributed by atoms with Crippen LogP contribution in [-0.2, 0) is 16.1 Å². The number of methoxy groups -OCH3 is 1. The maximum absolute atomic E-state index is 15.4. The van der Waals surface area contributed by atoms with Crippen LogP contribution in [0, 0.1) is 11.2 Å². The van der Waals surface area contributed by atoms with E-state index in [1.807, 2.05) is 53.4 Å². The molecule has 0 bridgehead atoms. The van der Waals surface area contributed by atoms with Crippen LogP contribution >= 0.6 is 0 Å². The first-order valence-electron chi connectivity index (χ1n) is 12.8. The summed E-state index contributed by atoms with van der Waals surface area (Å²) in [5, 5.41) is 6.47. The maximum Gasteiger partial charge on any atom is 0.239 e. The van der Waals surface area contributed by atoms with Crippen LogP contribution in [0.5, 0.6) is 5.75 Å². The second kappa shape index (κ2) is 10.3. The number of para-hydroxylation sites is 2. The fourth-order valence-electron chi connectivity index (χ4n) is 5.44. The van der Waals surface area contributed by atoms with E-state index < -0.39 is 11.9 Å². The zero-order chi connectivity index (χ0) is 26.9. The minimum atomic E-state index is -0.756. The lowest BCUT2D eigenvalue weighted by Crippen LogP contribution is -2.42. The van der Waals surface area contributed by atoms with Crippen molar-refractivity contribution in [3.05, 3.63) is 101 Å². The highest BCUT2D eigenvalue weighted by molar-refractivity contribution is 6.01. The summed E-state index contributed by atoms with van der Waals surface area (Å²) in [5.41, 5.74) is 3.85. The zero-order valence-electron chi connectivity index (χ0n) is 21.9. The van der Waals surface area contributed by atoms with Crippen molar-refractivity contribution < 1.29 is 18.7 Å². The molecule has 2 aliphatic rings. The number of Topliss-reactive ketones (excluding diaryl/α,β-unsaturated/α-hetero) is 1. The number of benzene rings is 3. The fourth-order valence-corrected chi connectivity index (χ4v) is 5.44. The van der Waals surface area contributed by atoms with Gasteiger partial charge in [0.15, 0.2) is 5.78 Å². The Morgan fingerprint density at radius 2 is 1.84 bits per heavy atom. The molecule has 1 aliphatic carbocycles. The molecule has 3 aromatic carbocycles. The Kier molecular flexibility index (Phi) is 6.93. The number of rotatable bonds is 6. The number of halogens is 1. The Labute approximate surface area is 222 Å². The Balaban J connectivity index is 1.56. The van der Waals surface area contributed by atoms with Crippen molar-refractivity contribution in [2.45, 2.75) is 39.3 Å². The molecule has 0 saturated heterocycles. The molecule has 6 nitrogen and oxygen atoms in total. The van der Waals surface area contributed by atoms with Crippen LogP contribution in [0.15, 0.2) is 84.1 Å². The molecule has 5 rings (SSSR count). The van der Waals surface area contributed by atoms with Crippen molar-refractivity contribution in [3.63, 3.8) is 0 Å². The van der Waals surface area contributed by atoms with Gasteiger partial charge < -0.3 is 20.3 Å². The number of anilines is 2. The van der Waals surface area contributed by atoms with E-state index in [4.69, 9.17) is 4.74 Å². The highest BCUT2D eigenvalue weighted by Gasteiger charge is 2.42. The molecule has 38 heavy (non-hydrogen) atoms. The third-order valence-electron chi connectivity index (χ3n) is 7.14. The van der Waals surface area contributed by atoms with Crippen LogP contribution in [0.4, 0.5) is 15.8 Å². The number of fused-ring (bicyclic) bond motifs is 1. The molecule has 0 fully saturated rings. The zero-order valence-corrected chi connectivity index (χ0v) is 21.9. The fraction of sp³-hybridized carbons (Fsp3) is 0.290. The van der Waals surface area contributed by atoms with Gasteiger partial charge in [-0.15, -0.1) is 0 Å². The van der Waals surface area contributed by atoms with Crippen molar-refractivity contribution >= 4 is 23.1 Å². The average molecular weight is 514 g/mol. The predicted molar refractivity (Wildman–Crippen MR) is 146 cm³/mol. The van der Waals surface area contributed by atoms with Gasteiger partial charge in [0.2, 0.25) is 5.91 Å². The summed E-state index contributed by atoms with van der Waals surface area (Å²) in [4.78, 5) is 28.9. The summed E-state index contributed by atoms with van der Waals surface area (Å²) in [6.45, 7) is 4.38. The summed E-state index contributed by atoms with van der Waals surface area (Å²) in [6.07, 6.45) is 0.994. The highest BCUT2D eigenvalue weighted by Crippen LogP contribution is 2.48. The first kappa shape index (κ1) is 25.5. The normalized spacial score (nSPS) is 18.2. The van der Waals surface area contributed by atoms with Crippen LogP contribution in [-0.4, -0.2) is 25.3 Å². The van der Waals surface area contributed by atoms with Gasteiger partial charge in [-0.1, -0.05) is 56.3 Å². The minimum Gasteiger partial charge on any atom is -0.497 e. The summed E-state index contributed by atoms with van der Waals surface area (Å²) in [7, 11) is 1.60. The molecule has 0 spiro atoms. The van der Waals surface area contributed by atoms with Gasteiger partial charge in [0.1, 0.15) is 11.6 Å². The first-order chi connectivity index (χ1) is 18.3. The number of carbonyl (C=O) groups is 2. The lowest BCUT2D eigenvalue weighted by Gasteiger charge is -2.38. The Bertz CT molecular complexity index is 1410. The van der Waals surface area contributed by atoms with Crippen molar-refractivity contribution in [2.24, 2.45) is 5.41 Å². The average Bonchev–Trinajstić information content (AvgIpc) is 3.01. The van der Waals surface area contributed by atoms with Crippen molar-refractivity contribution in [2.75, 3.05) is 23.9 Å². The van der Waals surface area contributed by atoms with Gasteiger partial charge in [0, 0.05) is 29.8 Å². The molecule has 1 unspecified atom stereocenters. The molecule has 1 atom stereocenters. The topological polar surface area (TPSA) is 70.7 Å². The van der Waals surface area contributed by atoms with E-state index in [1.54, 1.807) is 25.3 Å². The van der Waals surface area contributed by atoms with Gasteiger partial charge in [-0.2, -0.15) is 0 Å². The van der Waals surface area contributed by atoms with E-state index >= 15 is 4.39 Å². The van der Waals surface area contributed by atoms with Crippen LogP contribution in [0.2, 0.25) is 0 Å². The van der Waals surface area contributed by atoms with Crippen LogP contribution in [0.3, 0.4) is 0 Å². The van der Waals surface area contributed by atoms with Gasteiger partial charge in [-0.3, -0.25) is 9.59 Å².